The van der Waals surface area contributed by atoms with Crippen LogP contribution in [-0.4, -0.2) is 0 Å². The van der Waals surface area contributed by atoms with Crippen molar-refractivity contribution in [2.75, 3.05) is 0 Å². The van der Waals surface area contributed by atoms with Crippen LogP contribution in [0.4, 0.5) is 0 Å². The van der Waals surface area contributed by atoms with Crippen LogP contribution < -0.4 is 0 Å². The van der Waals surface area contributed by atoms with E-state index in [1.807, 2.05) is 12.2 Å². The molecule has 0 fully saturated rings. The standard InChI is InChI=1S/C20H29N/c1-2-3-4-5-6-7-8-9-12-19-14-16-20(17-15-19)13-10-11-18-21/h10,13-17H,2-9,11-12H2,1H3. The molecule has 0 aromatic heterocycles. The van der Waals surface area contributed by atoms with Crippen molar-refractivity contribution in [3.05, 3.63) is 41.5 Å². The Hall–Kier alpha value is -1.55. The number of allylic oxidation sites excluding steroid dienone is 1. The molecule has 0 unspecified atom stereocenters. The van der Waals surface area contributed by atoms with E-state index in [0.717, 1.165) is 0 Å². The van der Waals surface area contributed by atoms with E-state index in [0.29, 0.717) is 6.42 Å². The number of nitrogens with zero attached hydrogens (tertiary/aromatic N) is 1. The molecule has 0 saturated heterocycles. The van der Waals surface area contributed by atoms with Crippen molar-refractivity contribution >= 4 is 6.08 Å². The maximum atomic E-state index is 8.49. The van der Waals surface area contributed by atoms with Gasteiger partial charge in [0.05, 0.1) is 12.5 Å². The molecule has 1 nitrogen and oxygen atoms in total. The molecule has 0 aliphatic heterocycles. The highest BCUT2D eigenvalue weighted by Crippen LogP contribution is 2.12. The maximum Gasteiger partial charge on any atom is 0.0663 e. The highest BCUT2D eigenvalue weighted by molar-refractivity contribution is 5.49. The van der Waals surface area contributed by atoms with Gasteiger partial charge in [-0.25, -0.2) is 0 Å². The second-order valence-electron chi connectivity index (χ2n) is 5.73. The quantitative estimate of drug-likeness (QED) is 0.437. The van der Waals surface area contributed by atoms with E-state index < -0.39 is 0 Å². The fourth-order valence-corrected chi connectivity index (χ4v) is 2.51. The second-order valence-corrected chi connectivity index (χ2v) is 5.73. The van der Waals surface area contributed by atoms with Crippen LogP contribution in [0.5, 0.6) is 0 Å². The van der Waals surface area contributed by atoms with Gasteiger partial charge < -0.3 is 0 Å². The van der Waals surface area contributed by atoms with Gasteiger partial charge in [-0.05, 0) is 24.0 Å². The third-order valence-corrected chi connectivity index (χ3v) is 3.82. The van der Waals surface area contributed by atoms with Crippen molar-refractivity contribution in [2.45, 2.75) is 71.1 Å². The zero-order valence-electron chi connectivity index (χ0n) is 13.5. The molecule has 0 radical (unpaired) electrons. The molecule has 1 aromatic carbocycles. The Morgan fingerprint density at radius 2 is 1.52 bits per heavy atom. The minimum absolute atomic E-state index is 0.486. The smallest absolute Gasteiger partial charge is 0.0663 e. The first-order valence-corrected chi connectivity index (χ1v) is 8.49. The van der Waals surface area contributed by atoms with Crippen molar-refractivity contribution in [1.82, 2.24) is 0 Å². The monoisotopic (exact) mass is 283 g/mol. The van der Waals surface area contributed by atoms with Gasteiger partial charge in [0.25, 0.3) is 0 Å². The lowest BCUT2D eigenvalue weighted by atomic mass is 10.0. The molecular formula is C20H29N. The van der Waals surface area contributed by atoms with E-state index in [9.17, 15) is 0 Å². The molecule has 1 rings (SSSR count). The Kier molecular flexibility index (Phi) is 10.2. The van der Waals surface area contributed by atoms with Gasteiger partial charge in [-0.3, -0.25) is 0 Å². The van der Waals surface area contributed by atoms with Gasteiger partial charge in [-0.15, -0.1) is 0 Å². The second kappa shape index (κ2) is 12.2. The summed E-state index contributed by atoms with van der Waals surface area (Å²) < 4.78 is 0. The van der Waals surface area contributed by atoms with E-state index in [-0.39, 0.29) is 0 Å². The summed E-state index contributed by atoms with van der Waals surface area (Å²) in [5.74, 6) is 0. The molecule has 114 valence electrons. The van der Waals surface area contributed by atoms with Crippen molar-refractivity contribution in [3.8, 4) is 6.07 Å². The molecule has 0 heterocycles. The summed E-state index contributed by atoms with van der Waals surface area (Å²) in [6.07, 6.45) is 16.6. The minimum Gasteiger partial charge on any atom is -0.198 e. The van der Waals surface area contributed by atoms with Gasteiger partial charge >= 0.3 is 0 Å². The Bertz CT molecular complexity index is 422. The lowest BCUT2D eigenvalue weighted by molar-refractivity contribution is 0.575. The third-order valence-electron chi connectivity index (χ3n) is 3.82. The highest BCUT2D eigenvalue weighted by Gasteiger charge is 1.95. The number of hydrogen-bond acceptors (Lipinski definition) is 1. The molecule has 21 heavy (non-hydrogen) atoms. The summed E-state index contributed by atoms with van der Waals surface area (Å²) in [4.78, 5) is 0. The van der Waals surface area contributed by atoms with Gasteiger partial charge in [0.15, 0.2) is 0 Å². The highest BCUT2D eigenvalue weighted by atomic mass is 14.2. The van der Waals surface area contributed by atoms with Crippen LogP contribution in [-0.2, 0) is 6.42 Å². The van der Waals surface area contributed by atoms with Gasteiger partial charge in [0.1, 0.15) is 0 Å². The summed E-state index contributed by atoms with van der Waals surface area (Å²) >= 11 is 0. The lowest BCUT2D eigenvalue weighted by Crippen LogP contribution is -1.87. The van der Waals surface area contributed by atoms with Crippen LogP contribution in [0.3, 0.4) is 0 Å². The van der Waals surface area contributed by atoms with E-state index in [1.165, 1.54) is 68.9 Å². The molecule has 0 saturated carbocycles. The molecule has 0 N–H and O–H groups in total. The Balaban J connectivity index is 2.11. The first-order chi connectivity index (χ1) is 10.4. The third kappa shape index (κ3) is 9.08. The number of hydrogen-bond donors (Lipinski definition) is 0. The number of unbranched alkanes of at least 4 members (excludes halogenated alkanes) is 7. The molecule has 0 atom stereocenters. The van der Waals surface area contributed by atoms with Crippen LogP contribution in [0.2, 0.25) is 0 Å². The molecule has 1 aromatic rings. The molecule has 0 amide bonds. The van der Waals surface area contributed by atoms with Gasteiger partial charge in [-0.2, -0.15) is 5.26 Å². The van der Waals surface area contributed by atoms with E-state index in [1.54, 1.807) is 0 Å². The zero-order chi connectivity index (χ0) is 15.2. The van der Waals surface area contributed by atoms with Crippen LogP contribution in [0.25, 0.3) is 6.08 Å². The van der Waals surface area contributed by atoms with E-state index in [2.05, 4.69) is 37.3 Å². The maximum absolute atomic E-state index is 8.49. The predicted octanol–water partition coefficient (Wildman–Crippen LogP) is 6.30. The van der Waals surface area contributed by atoms with Crippen molar-refractivity contribution < 1.29 is 0 Å². The molecular weight excluding hydrogens is 254 g/mol. The summed E-state index contributed by atoms with van der Waals surface area (Å²) in [6.45, 7) is 2.27. The number of rotatable bonds is 11. The number of benzene rings is 1. The number of aryl methyl sites for hydroxylation is 1. The van der Waals surface area contributed by atoms with Gasteiger partial charge in [-0.1, -0.05) is 88.3 Å². The lowest BCUT2D eigenvalue weighted by Gasteiger charge is -2.03. The first kappa shape index (κ1) is 17.5. The summed E-state index contributed by atoms with van der Waals surface area (Å²) in [5, 5.41) is 8.49. The summed E-state index contributed by atoms with van der Waals surface area (Å²) in [7, 11) is 0. The van der Waals surface area contributed by atoms with Crippen LogP contribution in [0, 0.1) is 11.3 Å². The Morgan fingerprint density at radius 1 is 0.905 bits per heavy atom. The van der Waals surface area contributed by atoms with Crippen LogP contribution in [0.1, 0.15) is 75.8 Å². The van der Waals surface area contributed by atoms with Crippen LogP contribution in [0.15, 0.2) is 30.3 Å². The topological polar surface area (TPSA) is 23.8 Å². The summed E-state index contributed by atoms with van der Waals surface area (Å²) in [5.41, 5.74) is 2.61. The van der Waals surface area contributed by atoms with E-state index in [4.69, 9.17) is 5.26 Å². The SMILES string of the molecule is CCCCCCCCCCc1ccc(C=CCC#N)cc1. The molecule has 0 bridgehead atoms. The minimum atomic E-state index is 0.486. The van der Waals surface area contributed by atoms with Crippen molar-refractivity contribution in [3.63, 3.8) is 0 Å². The van der Waals surface area contributed by atoms with Gasteiger partial charge in [0.2, 0.25) is 0 Å². The molecule has 1 heteroatoms. The summed E-state index contributed by atoms with van der Waals surface area (Å²) in [6, 6.07) is 10.8. The average Bonchev–Trinajstić information content (AvgIpc) is 2.52. The first-order valence-electron chi connectivity index (χ1n) is 8.49. The fraction of sp³-hybridized carbons (Fsp3) is 0.550. The zero-order valence-corrected chi connectivity index (χ0v) is 13.5. The Morgan fingerprint density at radius 3 is 2.14 bits per heavy atom. The fourth-order valence-electron chi connectivity index (χ4n) is 2.51. The molecule has 0 aliphatic carbocycles. The van der Waals surface area contributed by atoms with Crippen LogP contribution >= 0.6 is 0 Å². The predicted molar refractivity (Wildman–Crippen MR) is 92.0 cm³/mol. The largest absolute Gasteiger partial charge is 0.198 e. The average molecular weight is 283 g/mol. The van der Waals surface area contributed by atoms with Crippen molar-refractivity contribution in [2.24, 2.45) is 0 Å². The molecule has 0 aliphatic rings. The van der Waals surface area contributed by atoms with E-state index >= 15 is 0 Å². The normalized spacial score (nSPS) is 10.9. The molecule has 0 spiro atoms. The Labute approximate surface area is 130 Å². The van der Waals surface area contributed by atoms with Crippen molar-refractivity contribution in [1.29, 1.82) is 5.26 Å². The number of nitriles is 1. The van der Waals surface area contributed by atoms with Gasteiger partial charge in [0, 0.05) is 0 Å².